The Bertz CT molecular complexity index is 603. The van der Waals surface area contributed by atoms with E-state index in [4.69, 9.17) is 14.6 Å². The van der Waals surface area contributed by atoms with Crippen LogP contribution >= 0.6 is 0 Å². The Morgan fingerprint density at radius 3 is 2.61 bits per heavy atom. The first-order valence-corrected chi connectivity index (χ1v) is 6.68. The van der Waals surface area contributed by atoms with Crippen molar-refractivity contribution in [2.45, 2.75) is 6.92 Å². The van der Waals surface area contributed by atoms with Gasteiger partial charge in [-0.1, -0.05) is 6.92 Å². The summed E-state index contributed by atoms with van der Waals surface area (Å²) in [6, 6.07) is 3.88. The highest BCUT2D eigenvalue weighted by molar-refractivity contribution is 5.78. The third kappa shape index (κ3) is 5.13. The van der Waals surface area contributed by atoms with Gasteiger partial charge in [0.2, 0.25) is 5.75 Å². The second-order valence-corrected chi connectivity index (χ2v) is 4.89. The summed E-state index contributed by atoms with van der Waals surface area (Å²) in [6.45, 7) is 1.24. The Morgan fingerprint density at radius 1 is 1.43 bits per heavy atom. The molecule has 0 saturated carbocycles. The van der Waals surface area contributed by atoms with E-state index in [0.29, 0.717) is 0 Å². The van der Waals surface area contributed by atoms with Crippen molar-refractivity contribution >= 4 is 17.6 Å². The third-order valence-electron chi connectivity index (χ3n) is 3.11. The summed E-state index contributed by atoms with van der Waals surface area (Å²) in [5.74, 6) is -1.84. The maximum absolute atomic E-state index is 11.9. The number of carbonyl (C=O) groups excluding carboxylic acids is 1. The van der Waals surface area contributed by atoms with Crippen LogP contribution in [0.15, 0.2) is 18.2 Å². The highest BCUT2D eigenvalue weighted by atomic mass is 16.6. The molecule has 0 aliphatic carbocycles. The average molecular weight is 326 g/mol. The van der Waals surface area contributed by atoms with Crippen LogP contribution in [0.25, 0.3) is 0 Å². The lowest BCUT2D eigenvalue weighted by Gasteiger charge is -2.19. The Hall–Kier alpha value is -2.84. The molecule has 1 aromatic rings. The average Bonchev–Trinajstić information content (AvgIpc) is 2.51. The zero-order valence-electron chi connectivity index (χ0n) is 13.0. The van der Waals surface area contributed by atoms with Gasteiger partial charge in [0, 0.05) is 25.7 Å². The molecule has 0 aliphatic heterocycles. The second kappa shape index (κ2) is 7.97. The summed E-state index contributed by atoms with van der Waals surface area (Å²) < 4.78 is 10.2. The monoisotopic (exact) mass is 326 g/mol. The number of methoxy groups -OCH3 is 1. The van der Waals surface area contributed by atoms with Gasteiger partial charge in [-0.2, -0.15) is 0 Å². The molecular weight excluding hydrogens is 308 g/mol. The molecule has 1 N–H and O–H groups in total. The molecule has 126 valence electrons. The fourth-order valence-corrected chi connectivity index (χ4v) is 1.74. The third-order valence-corrected chi connectivity index (χ3v) is 3.11. The maximum atomic E-state index is 11.9. The zero-order chi connectivity index (χ0) is 17.6. The summed E-state index contributed by atoms with van der Waals surface area (Å²) in [7, 11) is 2.76. The number of amides is 1. The standard InChI is InChI=1S/C14H18N2O7/c1-9(14(18)19)7-15(2)13(17)8-23-10-4-5-11(16(20)21)12(6-10)22-3/h4-6,9H,7-8H2,1-3H3,(H,18,19). The molecule has 1 unspecified atom stereocenters. The molecule has 9 heteroatoms. The van der Waals surface area contributed by atoms with Crippen molar-refractivity contribution in [2.24, 2.45) is 5.92 Å². The SMILES string of the molecule is COc1cc(OCC(=O)N(C)CC(C)C(=O)O)ccc1[N+](=O)[O-]. The van der Waals surface area contributed by atoms with Gasteiger partial charge in [-0.3, -0.25) is 19.7 Å². The number of likely N-dealkylation sites (N-methyl/N-ethyl adjacent to an activating group) is 1. The number of nitrogens with zero attached hydrogens (tertiary/aromatic N) is 2. The topological polar surface area (TPSA) is 119 Å². The van der Waals surface area contributed by atoms with Crippen molar-refractivity contribution < 1.29 is 29.1 Å². The first kappa shape index (κ1) is 18.2. The van der Waals surface area contributed by atoms with Gasteiger partial charge >= 0.3 is 11.7 Å². The molecule has 0 heterocycles. The zero-order valence-corrected chi connectivity index (χ0v) is 13.0. The molecule has 0 saturated heterocycles. The summed E-state index contributed by atoms with van der Waals surface area (Å²) in [6.07, 6.45) is 0. The minimum absolute atomic E-state index is 0.0211. The van der Waals surface area contributed by atoms with Crippen LogP contribution in [0.3, 0.4) is 0 Å². The van der Waals surface area contributed by atoms with Crippen molar-refractivity contribution in [3.63, 3.8) is 0 Å². The van der Waals surface area contributed by atoms with E-state index in [1.54, 1.807) is 0 Å². The largest absolute Gasteiger partial charge is 0.490 e. The molecule has 1 aromatic carbocycles. The molecule has 0 spiro atoms. The number of hydrogen-bond acceptors (Lipinski definition) is 6. The fourth-order valence-electron chi connectivity index (χ4n) is 1.74. The molecule has 0 aliphatic rings. The Morgan fingerprint density at radius 2 is 2.09 bits per heavy atom. The van der Waals surface area contributed by atoms with E-state index in [1.165, 1.54) is 44.2 Å². The van der Waals surface area contributed by atoms with Gasteiger partial charge in [-0.25, -0.2) is 0 Å². The number of ether oxygens (including phenoxy) is 2. The normalized spacial score (nSPS) is 11.4. The van der Waals surface area contributed by atoms with Crippen LogP contribution in [-0.4, -0.2) is 54.1 Å². The lowest BCUT2D eigenvalue weighted by molar-refractivity contribution is -0.385. The molecule has 0 bridgehead atoms. The van der Waals surface area contributed by atoms with Gasteiger partial charge in [0.05, 0.1) is 18.0 Å². The van der Waals surface area contributed by atoms with E-state index < -0.39 is 22.7 Å². The Labute approximate surface area is 132 Å². The number of carboxylic acid groups (broad SMARTS) is 1. The number of aliphatic carboxylic acids is 1. The number of nitro groups is 1. The molecule has 1 atom stereocenters. The van der Waals surface area contributed by atoms with Crippen LogP contribution in [0, 0.1) is 16.0 Å². The highest BCUT2D eigenvalue weighted by Crippen LogP contribution is 2.30. The molecule has 0 aromatic heterocycles. The number of benzene rings is 1. The van der Waals surface area contributed by atoms with Crippen molar-refractivity contribution in [1.82, 2.24) is 4.90 Å². The van der Waals surface area contributed by atoms with Crippen LogP contribution in [0.2, 0.25) is 0 Å². The smallest absolute Gasteiger partial charge is 0.311 e. The van der Waals surface area contributed by atoms with Gasteiger partial charge in [0.15, 0.2) is 6.61 Å². The Balaban J connectivity index is 2.65. The molecule has 23 heavy (non-hydrogen) atoms. The van der Waals surface area contributed by atoms with Crippen LogP contribution < -0.4 is 9.47 Å². The summed E-state index contributed by atoms with van der Waals surface area (Å²) >= 11 is 0. The van der Waals surface area contributed by atoms with E-state index in [9.17, 15) is 19.7 Å². The van der Waals surface area contributed by atoms with Gasteiger partial charge in [0.1, 0.15) is 5.75 Å². The molecular formula is C14H18N2O7. The van der Waals surface area contributed by atoms with Gasteiger partial charge in [-0.15, -0.1) is 0 Å². The van der Waals surface area contributed by atoms with Crippen LogP contribution in [0.5, 0.6) is 11.5 Å². The van der Waals surface area contributed by atoms with E-state index in [-0.39, 0.29) is 30.3 Å². The molecule has 9 nitrogen and oxygen atoms in total. The lowest BCUT2D eigenvalue weighted by atomic mass is 10.2. The number of carbonyl (C=O) groups is 2. The highest BCUT2D eigenvalue weighted by Gasteiger charge is 2.19. The van der Waals surface area contributed by atoms with Crippen molar-refractivity contribution in [1.29, 1.82) is 0 Å². The van der Waals surface area contributed by atoms with Crippen molar-refractivity contribution in [2.75, 3.05) is 27.3 Å². The summed E-state index contributed by atoms with van der Waals surface area (Å²) in [4.78, 5) is 34.1. The number of hydrogen-bond donors (Lipinski definition) is 1. The van der Waals surface area contributed by atoms with E-state index in [0.717, 1.165) is 0 Å². The predicted octanol–water partition coefficient (Wildman–Crippen LogP) is 1.16. The number of rotatable bonds is 8. The number of carboxylic acids is 1. The molecule has 1 amide bonds. The van der Waals surface area contributed by atoms with E-state index in [1.807, 2.05) is 0 Å². The maximum Gasteiger partial charge on any atom is 0.311 e. The van der Waals surface area contributed by atoms with E-state index in [2.05, 4.69) is 0 Å². The molecule has 1 rings (SSSR count). The van der Waals surface area contributed by atoms with Crippen LogP contribution in [-0.2, 0) is 9.59 Å². The molecule has 0 fully saturated rings. The van der Waals surface area contributed by atoms with Gasteiger partial charge < -0.3 is 19.5 Å². The van der Waals surface area contributed by atoms with Crippen molar-refractivity contribution in [3.8, 4) is 11.5 Å². The van der Waals surface area contributed by atoms with Crippen LogP contribution in [0.4, 0.5) is 5.69 Å². The molecule has 0 radical (unpaired) electrons. The summed E-state index contributed by atoms with van der Waals surface area (Å²) in [5, 5.41) is 19.6. The van der Waals surface area contributed by atoms with Gasteiger partial charge in [0.25, 0.3) is 5.91 Å². The van der Waals surface area contributed by atoms with Crippen LogP contribution in [0.1, 0.15) is 6.92 Å². The van der Waals surface area contributed by atoms with Crippen molar-refractivity contribution in [3.05, 3.63) is 28.3 Å². The first-order chi connectivity index (χ1) is 10.8. The summed E-state index contributed by atoms with van der Waals surface area (Å²) in [5.41, 5.74) is -0.210. The first-order valence-electron chi connectivity index (χ1n) is 6.68. The Kier molecular flexibility index (Phi) is 6.31. The second-order valence-electron chi connectivity index (χ2n) is 4.89. The number of nitro benzene ring substituents is 1. The predicted molar refractivity (Wildman–Crippen MR) is 79.6 cm³/mol. The minimum atomic E-state index is -0.995. The van der Waals surface area contributed by atoms with Gasteiger partial charge in [-0.05, 0) is 6.07 Å². The fraction of sp³-hybridized carbons (Fsp3) is 0.429. The minimum Gasteiger partial charge on any atom is -0.490 e. The lowest BCUT2D eigenvalue weighted by Crippen LogP contribution is -2.36. The van der Waals surface area contributed by atoms with E-state index >= 15 is 0 Å². The quantitative estimate of drug-likeness (QED) is 0.562.